The maximum Gasteiger partial charge on any atom is 0.327 e. The quantitative estimate of drug-likeness (QED) is 0.325. The summed E-state index contributed by atoms with van der Waals surface area (Å²) in [6, 6.07) is -0.745. The van der Waals surface area contributed by atoms with Gasteiger partial charge in [-0.2, -0.15) is 8.78 Å². The lowest BCUT2D eigenvalue weighted by atomic mass is 10.00. The third kappa shape index (κ3) is 7.67. The van der Waals surface area contributed by atoms with Gasteiger partial charge in [0.05, 0.1) is 12.1 Å². The first-order chi connectivity index (χ1) is 12.7. The van der Waals surface area contributed by atoms with Crippen molar-refractivity contribution in [3.8, 4) is 11.8 Å². The van der Waals surface area contributed by atoms with E-state index >= 15 is 0 Å². The van der Waals surface area contributed by atoms with Crippen LogP contribution in [0.1, 0.15) is 58.8 Å². The molecule has 152 valence electrons. The fourth-order valence-corrected chi connectivity index (χ4v) is 2.99. The minimum atomic E-state index is -3.39. The molecule has 0 aromatic rings. The van der Waals surface area contributed by atoms with E-state index in [0.717, 1.165) is 4.90 Å². The number of hydrogen-bond acceptors (Lipinski definition) is 3. The first-order valence-corrected chi connectivity index (χ1v) is 9.35. The number of amides is 1. The minimum absolute atomic E-state index is 0.0879. The first-order valence-electron chi connectivity index (χ1n) is 9.35. The Balaban J connectivity index is 2.59. The number of carbonyl (C=O) groups excluding carboxylic acids is 1. The Morgan fingerprint density at radius 1 is 1.37 bits per heavy atom. The summed E-state index contributed by atoms with van der Waals surface area (Å²) in [5.74, 6) is 0.0706. The summed E-state index contributed by atoms with van der Waals surface area (Å²) in [4.78, 5) is 23.6. The summed E-state index contributed by atoms with van der Waals surface area (Å²) < 4.78 is 27.7. The predicted molar refractivity (Wildman–Crippen MR) is 98.2 cm³/mol. The summed E-state index contributed by atoms with van der Waals surface area (Å²) in [6.45, 7) is 3.73. The van der Waals surface area contributed by atoms with Gasteiger partial charge in [0.15, 0.2) is 0 Å². The maximum absolute atomic E-state index is 13.8. The van der Waals surface area contributed by atoms with E-state index in [9.17, 15) is 23.5 Å². The number of aliphatic hydroxyl groups is 1. The Morgan fingerprint density at radius 2 is 2.04 bits per heavy atom. The van der Waals surface area contributed by atoms with Gasteiger partial charge in [0.1, 0.15) is 0 Å². The van der Waals surface area contributed by atoms with Crippen LogP contribution in [0.3, 0.4) is 0 Å². The monoisotopic (exact) mass is 385 g/mol. The van der Waals surface area contributed by atoms with Crippen molar-refractivity contribution in [1.29, 1.82) is 0 Å². The topological polar surface area (TPSA) is 77.8 Å². The fraction of sp³-hybridized carbons (Fsp3) is 0.700. The number of hydrogen-bond donors (Lipinski definition) is 2. The second-order valence-corrected chi connectivity index (χ2v) is 7.02. The van der Waals surface area contributed by atoms with Gasteiger partial charge < -0.3 is 15.1 Å². The molecule has 0 radical (unpaired) electrons. The molecule has 27 heavy (non-hydrogen) atoms. The normalized spacial score (nSPS) is 21.1. The smallest absolute Gasteiger partial charge is 0.327 e. The van der Waals surface area contributed by atoms with Gasteiger partial charge in [-0.3, -0.25) is 9.59 Å². The standard InChI is InChI=1S/C20H29F2NO4/c1-3-4-9-15(2)17(24)12-11-16-14-20(21,22)19(27)23(16)13-8-6-5-7-10-18(25)26/h11-12,15-17,24H,5-10,13-14H2,1-2H3,(H,25,26)/b12-11+. The molecule has 1 aliphatic rings. The van der Waals surface area contributed by atoms with Crippen LogP contribution in [0.5, 0.6) is 0 Å². The molecular formula is C20H29F2NO4. The second-order valence-electron chi connectivity index (χ2n) is 7.02. The highest BCUT2D eigenvalue weighted by molar-refractivity contribution is 5.86. The highest BCUT2D eigenvalue weighted by atomic mass is 19.3. The molecule has 1 rings (SSSR count). The number of nitrogens with zero attached hydrogens (tertiary/aromatic N) is 1. The molecule has 1 heterocycles. The molecule has 2 N–H and O–H groups in total. The van der Waals surface area contributed by atoms with Crippen molar-refractivity contribution >= 4 is 11.9 Å². The minimum Gasteiger partial charge on any atom is -0.481 e. The molecule has 7 heteroatoms. The molecule has 1 saturated heterocycles. The molecule has 0 aromatic carbocycles. The fourth-order valence-electron chi connectivity index (χ4n) is 2.99. The Hall–Kier alpha value is -1.94. The number of halogens is 2. The molecule has 3 atom stereocenters. The lowest BCUT2D eigenvalue weighted by Gasteiger charge is -2.22. The molecule has 1 aliphatic heterocycles. The molecule has 5 nitrogen and oxygen atoms in total. The number of carboxylic acid groups (broad SMARTS) is 1. The Morgan fingerprint density at radius 3 is 2.67 bits per heavy atom. The number of rotatable bonds is 11. The SMILES string of the molecule is CC#CCC(C)C(O)/C=C/C1CC(F)(F)C(=O)N1CCCCCCC(=O)O. The molecule has 0 bridgehead atoms. The predicted octanol–water partition coefficient (Wildman–Crippen LogP) is 3.22. The van der Waals surface area contributed by atoms with Gasteiger partial charge in [-0.1, -0.05) is 31.9 Å². The molecule has 0 aromatic heterocycles. The van der Waals surface area contributed by atoms with Gasteiger partial charge >= 0.3 is 11.9 Å². The highest BCUT2D eigenvalue weighted by Gasteiger charge is 2.52. The van der Waals surface area contributed by atoms with E-state index in [1.54, 1.807) is 6.92 Å². The van der Waals surface area contributed by atoms with Crippen molar-refractivity contribution in [2.45, 2.75) is 76.9 Å². The van der Waals surface area contributed by atoms with Crippen molar-refractivity contribution in [2.24, 2.45) is 5.92 Å². The van der Waals surface area contributed by atoms with Crippen LogP contribution in [0.2, 0.25) is 0 Å². The number of unbranched alkanes of at least 4 members (excludes halogenated alkanes) is 3. The van der Waals surface area contributed by atoms with E-state index in [2.05, 4.69) is 11.8 Å². The van der Waals surface area contributed by atoms with E-state index in [1.165, 1.54) is 12.2 Å². The van der Waals surface area contributed by atoms with Crippen molar-refractivity contribution in [3.05, 3.63) is 12.2 Å². The zero-order valence-corrected chi connectivity index (χ0v) is 16.0. The molecule has 1 fully saturated rings. The molecule has 3 unspecified atom stereocenters. The van der Waals surface area contributed by atoms with Crippen LogP contribution >= 0.6 is 0 Å². The lowest BCUT2D eigenvalue weighted by Crippen LogP contribution is -2.36. The van der Waals surface area contributed by atoms with Gasteiger partial charge in [-0.15, -0.1) is 11.8 Å². The van der Waals surface area contributed by atoms with Crippen LogP contribution < -0.4 is 0 Å². The zero-order valence-electron chi connectivity index (χ0n) is 16.0. The zero-order chi connectivity index (χ0) is 20.4. The van der Waals surface area contributed by atoms with Crippen LogP contribution in [0.25, 0.3) is 0 Å². The van der Waals surface area contributed by atoms with Crippen molar-refractivity contribution in [3.63, 3.8) is 0 Å². The molecule has 0 aliphatic carbocycles. The summed E-state index contributed by atoms with van der Waals surface area (Å²) in [5, 5.41) is 18.7. The van der Waals surface area contributed by atoms with Crippen LogP contribution in [0.15, 0.2) is 12.2 Å². The average Bonchev–Trinajstić information content (AvgIpc) is 2.82. The van der Waals surface area contributed by atoms with Crippen molar-refractivity contribution in [1.82, 2.24) is 4.90 Å². The Labute approximate surface area is 159 Å². The van der Waals surface area contributed by atoms with E-state index in [1.807, 2.05) is 6.92 Å². The second kappa shape index (κ2) is 11.0. The summed E-state index contributed by atoms with van der Waals surface area (Å²) in [5.41, 5.74) is 0. The Bertz CT molecular complexity index is 595. The number of likely N-dealkylation sites (tertiary alicyclic amines) is 1. The number of carboxylic acids is 1. The van der Waals surface area contributed by atoms with Crippen molar-refractivity contribution in [2.75, 3.05) is 6.54 Å². The third-order valence-electron chi connectivity index (χ3n) is 4.69. The van der Waals surface area contributed by atoms with E-state index in [-0.39, 0.29) is 18.9 Å². The Kier molecular flexibility index (Phi) is 9.44. The highest BCUT2D eigenvalue weighted by Crippen LogP contribution is 2.34. The van der Waals surface area contributed by atoms with E-state index in [0.29, 0.717) is 32.1 Å². The average molecular weight is 385 g/mol. The van der Waals surface area contributed by atoms with E-state index < -0.39 is 36.4 Å². The lowest BCUT2D eigenvalue weighted by molar-refractivity contribution is -0.148. The third-order valence-corrected chi connectivity index (χ3v) is 4.69. The van der Waals surface area contributed by atoms with Crippen LogP contribution in [0, 0.1) is 17.8 Å². The van der Waals surface area contributed by atoms with Crippen LogP contribution in [-0.4, -0.2) is 51.6 Å². The van der Waals surface area contributed by atoms with Gasteiger partial charge in [0.25, 0.3) is 5.91 Å². The maximum atomic E-state index is 13.8. The number of alkyl halides is 2. The summed E-state index contributed by atoms with van der Waals surface area (Å²) >= 11 is 0. The number of aliphatic hydroxyl groups excluding tert-OH is 1. The van der Waals surface area contributed by atoms with Gasteiger partial charge in [-0.05, 0) is 25.7 Å². The van der Waals surface area contributed by atoms with Gasteiger partial charge in [0.2, 0.25) is 0 Å². The van der Waals surface area contributed by atoms with Gasteiger partial charge in [-0.25, -0.2) is 0 Å². The molecule has 0 spiro atoms. The molecular weight excluding hydrogens is 356 g/mol. The first kappa shape index (κ1) is 23.1. The largest absolute Gasteiger partial charge is 0.481 e. The van der Waals surface area contributed by atoms with Crippen LogP contribution in [0.4, 0.5) is 8.78 Å². The number of carbonyl (C=O) groups is 2. The molecule has 1 amide bonds. The van der Waals surface area contributed by atoms with Gasteiger partial charge in [0, 0.05) is 25.8 Å². The summed E-state index contributed by atoms with van der Waals surface area (Å²) in [6.07, 6.45) is 4.58. The van der Waals surface area contributed by atoms with Crippen molar-refractivity contribution < 1.29 is 28.6 Å². The number of aliphatic carboxylic acids is 1. The van der Waals surface area contributed by atoms with E-state index in [4.69, 9.17) is 5.11 Å². The molecule has 0 saturated carbocycles. The summed E-state index contributed by atoms with van der Waals surface area (Å²) in [7, 11) is 0. The van der Waals surface area contributed by atoms with Crippen LogP contribution in [-0.2, 0) is 9.59 Å².